The molecule has 6 heteroatoms. The average Bonchev–Trinajstić information content (AvgIpc) is 2.11. The summed E-state index contributed by atoms with van der Waals surface area (Å²) in [6.07, 6.45) is -0.360. The molecular weight excluding hydrogens is 180 g/mol. The predicted octanol–water partition coefficient (Wildman–Crippen LogP) is -1.33. The van der Waals surface area contributed by atoms with Crippen molar-refractivity contribution in [1.82, 2.24) is 0 Å². The molecule has 0 aromatic rings. The number of ether oxygens (including phenoxy) is 2. The molecule has 0 amide bonds. The van der Waals surface area contributed by atoms with E-state index < -0.39 is 24.5 Å². The Kier molecular flexibility index (Phi) is 2.35. The van der Waals surface area contributed by atoms with Gasteiger partial charge in [0, 0.05) is 5.57 Å². The number of aliphatic hydroxyl groups is 2. The molecule has 1 aliphatic heterocycles. The normalized spacial score (nSPS) is 29.2. The van der Waals surface area contributed by atoms with Gasteiger partial charge in [-0.15, -0.1) is 0 Å². The third-order valence-electron chi connectivity index (χ3n) is 1.37. The molecule has 1 heterocycles. The Balaban J connectivity index is 2.89. The molecule has 0 aliphatic carbocycles. The maximum atomic E-state index is 10.9. The fourth-order valence-corrected chi connectivity index (χ4v) is 0.763. The van der Waals surface area contributed by atoms with Crippen molar-refractivity contribution < 1.29 is 29.3 Å². The lowest BCUT2D eigenvalue weighted by Gasteiger charge is -2.21. The van der Waals surface area contributed by atoms with Crippen LogP contribution in [0.1, 0.15) is 6.42 Å². The lowest BCUT2D eigenvalue weighted by molar-refractivity contribution is -0.332. The third kappa shape index (κ3) is 2.04. The lowest BCUT2D eigenvalue weighted by Crippen LogP contribution is -2.41. The van der Waals surface area contributed by atoms with E-state index in [-0.39, 0.29) is 12.0 Å². The second-order valence-corrected chi connectivity index (χ2v) is 2.51. The Labute approximate surface area is 73.4 Å². The van der Waals surface area contributed by atoms with Gasteiger partial charge in [-0.3, -0.25) is 4.79 Å². The molecule has 2 N–H and O–H groups in total. The number of rotatable bonds is 1. The number of cyclic esters (lactones) is 2. The van der Waals surface area contributed by atoms with E-state index in [2.05, 4.69) is 16.1 Å². The molecule has 0 aromatic heterocycles. The monoisotopic (exact) mass is 188 g/mol. The van der Waals surface area contributed by atoms with Crippen molar-refractivity contribution in [2.45, 2.75) is 12.4 Å². The molecule has 13 heavy (non-hydrogen) atoms. The van der Waals surface area contributed by atoms with Crippen LogP contribution >= 0.6 is 0 Å². The van der Waals surface area contributed by atoms with Gasteiger partial charge in [0.2, 0.25) is 0 Å². The zero-order chi connectivity index (χ0) is 10.1. The molecule has 0 bridgehead atoms. The maximum absolute atomic E-state index is 10.9. The van der Waals surface area contributed by atoms with Crippen molar-refractivity contribution in [3.63, 3.8) is 0 Å². The van der Waals surface area contributed by atoms with Crippen molar-refractivity contribution in [2.24, 2.45) is 0 Å². The van der Waals surface area contributed by atoms with Crippen molar-refractivity contribution in [1.29, 1.82) is 0 Å². The molecule has 1 fully saturated rings. The first kappa shape index (κ1) is 9.69. The van der Waals surface area contributed by atoms with Crippen molar-refractivity contribution in [2.75, 3.05) is 6.61 Å². The molecule has 0 aromatic carbocycles. The molecule has 1 rings (SSSR count). The van der Waals surface area contributed by atoms with E-state index in [9.17, 15) is 9.59 Å². The van der Waals surface area contributed by atoms with Crippen LogP contribution in [0.5, 0.6) is 0 Å². The van der Waals surface area contributed by atoms with Gasteiger partial charge < -0.3 is 19.7 Å². The Morgan fingerprint density at radius 2 is 2.08 bits per heavy atom. The first-order valence-corrected chi connectivity index (χ1v) is 3.43. The Morgan fingerprint density at radius 3 is 2.62 bits per heavy atom. The van der Waals surface area contributed by atoms with Gasteiger partial charge in [0.15, 0.2) is 0 Å². The summed E-state index contributed by atoms with van der Waals surface area (Å²) in [5, 5.41) is 17.7. The van der Waals surface area contributed by atoms with Crippen LogP contribution in [0.15, 0.2) is 12.2 Å². The largest absolute Gasteiger partial charge is 0.398 e. The van der Waals surface area contributed by atoms with Gasteiger partial charge in [0.25, 0.3) is 0 Å². The Hall–Kier alpha value is -1.40. The van der Waals surface area contributed by atoms with E-state index >= 15 is 0 Å². The second kappa shape index (κ2) is 3.15. The molecule has 1 saturated heterocycles. The first-order chi connectivity index (χ1) is 5.97. The summed E-state index contributed by atoms with van der Waals surface area (Å²) in [5.74, 6) is -4.43. The molecular formula is C7H8O6. The fraction of sp³-hybridized carbons (Fsp3) is 0.429. The molecule has 1 aliphatic rings. The summed E-state index contributed by atoms with van der Waals surface area (Å²) in [7, 11) is 0. The molecule has 0 radical (unpaired) electrons. The second-order valence-electron chi connectivity index (χ2n) is 2.51. The van der Waals surface area contributed by atoms with Crippen molar-refractivity contribution in [3.8, 4) is 0 Å². The fourth-order valence-electron chi connectivity index (χ4n) is 0.763. The standard InChI is InChI=1S/C7H8O6/c1-4-2-5(9)12-7(11,3-8)13-6(4)10/h8,11H,1-3H2. The molecule has 1 unspecified atom stereocenters. The lowest BCUT2D eigenvalue weighted by atomic mass is 10.2. The number of aliphatic hydroxyl groups excluding tert-OH is 1. The van der Waals surface area contributed by atoms with Crippen molar-refractivity contribution in [3.05, 3.63) is 12.2 Å². The van der Waals surface area contributed by atoms with Crippen LogP contribution in [0.25, 0.3) is 0 Å². The van der Waals surface area contributed by atoms with E-state index in [1.54, 1.807) is 0 Å². The summed E-state index contributed by atoms with van der Waals surface area (Å²) in [4.78, 5) is 21.7. The Morgan fingerprint density at radius 1 is 1.46 bits per heavy atom. The highest BCUT2D eigenvalue weighted by atomic mass is 16.8. The first-order valence-electron chi connectivity index (χ1n) is 3.43. The average molecular weight is 188 g/mol. The number of hydrogen-bond acceptors (Lipinski definition) is 6. The smallest absolute Gasteiger partial charge is 0.396 e. The van der Waals surface area contributed by atoms with E-state index in [0.717, 1.165) is 0 Å². The minimum absolute atomic E-state index is 0.130. The van der Waals surface area contributed by atoms with E-state index in [1.165, 1.54) is 0 Å². The summed E-state index contributed by atoms with van der Waals surface area (Å²) >= 11 is 0. The zero-order valence-corrected chi connectivity index (χ0v) is 6.65. The summed E-state index contributed by atoms with van der Waals surface area (Å²) < 4.78 is 8.51. The van der Waals surface area contributed by atoms with Gasteiger partial charge in [-0.05, 0) is 0 Å². The van der Waals surface area contributed by atoms with Crippen LogP contribution in [-0.4, -0.2) is 34.7 Å². The number of hydrogen-bond donors (Lipinski definition) is 2. The zero-order valence-electron chi connectivity index (χ0n) is 6.65. The van der Waals surface area contributed by atoms with E-state index in [1.807, 2.05) is 0 Å². The van der Waals surface area contributed by atoms with Crippen LogP contribution in [0.3, 0.4) is 0 Å². The van der Waals surface area contributed by atoms with Gasteiger partial charge >= 0.3 is 17.9 Å². The van der Waals surface area contributed by atoms with E-state index in [0.29, 0.717) is 0 Å². The van der Waals surface area contributed by atoms with E-state index in [4.69, 9.17) is 10.2 Å². The van der Waals surface area contributed by atoms with Gasteiger partial charge in [-0.25, -0.2) is 4.79 Å². The van der Waals surface area contributed by atoms with Crippen molar-refractivity contribution >= 4 is 11.9 Å². The SMILES string of the molecule is C=C1CC(=O)OC(O)(CO)OC1=O. The quantitative estimate of drug-likeness (QED) is 0.391. The van der Waals surface area contributed by atoms with Gasteiger partial charge in [0.1, 0.15) is 6.61 Å². The molecule has 1 atom stereocenters. The highest BCUT2D eigenvalue weighted by Gasteiger charge is 2.40. The number of carbonyl (C=O) groups is 2. The minimum atomic E-state index is -2.58. The van der Waals surface area contributed by atoms with Gasteiger partial charge in [0.05, 0.1) is 6.42 Å². The van der Waals surface area contributed by atoms with Crippen LogP contribution in [0.2, 0.25) is 0 Å². The summed E-state index contributed by atoms with van der Waals surface area (Å²) in [6.45, 7) is 2.22. The Bertz CT molecular complexity index is 270. The van der Waals surface area contributed by atoms with Crippen LogP contribution < -0.4 is 0 Å². The highest BCUT2D eigenvalue weighted by molar-refractivity contribution is 5.94. The van der Waals surface area contributed by atoms with Crippen LogP contribution in [0.4, 0.5) is 0 Å². The van der Waals surface area contributed by atoms with Crippen LogP contribution in [0, 0.1) is 0 Å². The molecule has 6 nitrogen and oxygen atoms in total. The predicted molar refractivity (Wildman–Crippen MR) is 38.0 cm³/mol. The topological polar surface area (TPSA) is 93.1 Å². The van der Waals surface area contributed by atoms with Gasteiger partial charge in [-0.2, -0.15) is 0 Å². The number of esters is 2. The third-order valence-corrected chi connectivity index (χ3v) is 1.37. The number of carbonyl (C=O) groups excluding carboxylic acids is 2. The minimum Gasteiger partial charge on any atom is -0.396 e. The molecule has 0 saturated carbocycles. The van der Waals surface area contributed by atoms with Gasteiger partial charge in [-0.1, -0.05) is 6.58 Å². The molecule has 0 spiro atoms. The molecule has 72 valence electrons. The van der Waals surface area contributed by atoms with Crippen LogP contribution in [-0.2, 0) is 19.1 Å². The maximum Gasteiger partial charge on any atom is 0.398 e. The summed E-state index contributed by atoms with van der Waals surface area (Å²) in [6, 6.07) is 0. The summed E-state index contributed by atoms with van der Waals surface area (Å²) in [5.41, 5.74) is -0.130. The highest BCUT2D eigenvalue weighted by Crippen LogP contribution is 2.19.